The van der Waals surface area contributed by atoms with E-state index in [2.05, 4.69) is 21.2 Å². The number of aliphatic hydroxyl groups excluding tert-OH is 1. The van der Waals surface area contributed by atoms with E-state index in [1.165, 1.54) is 7.11 Å². The van der Waals surface area contributed by atoms with E-state index in [0.29, 0.717) is 46.7 Å². The van der Waals surface area contributed by atoms with E-state index in [-0.39, 0.29) is 12.2 Å². The molecular weight excluding hydrogens is 576 g/mol. The van der Waals surface area contributed by atoms with E-state index in [1.807, 2.05) is 55.5 Å². The number of allylic oxidation sites excluding steroid dienone is 1. The maximum absolute atomic E-state index is 12.4. The van der Waals surface area contributed by atoms with Crippen LogP contribution in [-0.4, -0.2) is 49.9 Å². The summed E-state index contributed by atoms with van der Waals surface area (Å²) in [5.41, 5.74) is 5.64. The van der Waals surface area contributed by atoms with Crippen molar-refractivity contribution < 1.29 is 33.6 Å². The highest BCUT2D eigenvalue weighted by Crippen LogP contribution is 2.35. The van der Waals surface area contributed by atoms with Crippen molar-refractivity contribution in [2.24, 2.45) is 5.10 Å². The van der Waals surface area contributed by atoms with Crippen molar-refractivity contribution >= 4 is 29.8 Å². The minimum atomic E-state index is -1.13. The van der Waals surface area contributed by atoms with Gasteiger partial charge in [-0.3, -0.25) is 5.43 Å². The van der Waals surface area contributed by atoms with Crippen LogP contribution in [0.5, 0.6) is 17.2 Å². The minimum absolute atomic E-state index is 0.141. The molecule has 0 saturated heterocycles. The summed E-state index contributed by atoms with van der Waals surface area (Å²) in [6.07, 6.45) is 0.426. The number of nitrogens with one attached hydrogen (secondary N) is 3. The molecule has 3 aromatic rings. The van der Waals surface area contributed by atoms with Crippen molar-refractivity contribution in [1.29, 1.82) is 0 Å². The number of amides is 2. The average molecular weight is 609 g/mol. The summed E-state index contributed by atoms with van der Waals surface area (Å²) in [4.78, 5) is 24.6. The first-order valence-corrected chi connectivity index (χ1v) is 13.8. The number of nitrogens with zero attached hydrogens (tertiary/aromatic N) is 1. The molecule has 12 heteroatoms. The van der Waals surface area contributed by atoms with Crippen LogP contribution in [0.2, 0.25) is 5.02 Å². The molecule has 0 fully saturated rings. The third kappa shape index (κ3) is 8.63. The zero-order valence-corrected chi connectivity index (χ0v) is 24.7. The van der Waals surface area contributed by atoms with Gasteiger partial charge in [0.05, 0.1) is 31.5 Å². The molecule has 0 saturated carbocycles. The summed E-state index contributed by atoms with van der Waals surface area (Å²) in [7, 11) is 1.28. The fourth-order valence-electron chi connectivity index (χ4n) is 4.25. The summed E-state index contributed by atoms with van der Waals surface area (Å²) < 4.78 is 22.3. The van der Waals surface area contributed by atoms with Crippen LogP contribution in [0.1, 0.15) is 36.6 Å². The summed E-state index contributed by atoms with van der Waals surface area (Å²) in [5.74, 6) is 0.839. The van der Waals surface area contributed by atoms with Crippen LogP contribution < -0.4 is 30.3 Å². The Hall–Kier alpha value is -4.74. The first kappa shape index (κ1) is 31.2. The van der Waals surface area contributed by atoms with E-state index in [0.717, 1.165) is 11.1 Å². The SMILES string of the molecule is CCOc1cc([C@@H]2NC(=O)NC(C)=C2C(=O)OC)ccc1OC[C@@H](O)N/N=C/c1cccc(OCc2ccc(Cl)cc2)c1. The number of hydrogen-bond acceptors (Lipinski definition) is 9. The van der Waals surface area contributed by atoms with Crippen LogP contribution in [0.25, 0.3) is 0 Å². The van der Waals surface area contributed by atoms with Crippen molar-refractivity contribution in [3.63, 3.8) is 0 Å². The largest absolute Gasteiger partial charge is 0.490 e. The number of hydrazone groups is 1. The molecule has 0 spiro atoms. The molecule has 43 heavy (non-hydrogen) atoms. The van der Waals surface area contributed by atoms with Gasteiger partial charge in [-0.05, 0) is 66.9 Å². The topological polar surface area (TPSA) is 140 Å². The lowest BCUT2D eigenvalue weighted by atomic mass is 9.95. The number of carbonyl (C=O) groups is 2. The van der Waals surface area contributed by atoms with Gasteiger partial charge in [-0.25, -0.2) is 9.59 Å². The molecule has 1 aliphatic heterocycles. The van der Waals surface area contributed by atoms with Crippen LogP contribution >= 0.6 is 11.6 Å². The predicted molar refractivity (Wildman–Crippen MR) is 161 cm³/mol. The molecule has 4 N–H and O–H groups in total. The smallest absolute Gasteiger partial charge is 0.337 e. The number of ether oxygens (including phenoxy) is 4. The van der Waals surface area contributed by atoms with Gasteiger partial charge < -0.3 is 34.7 Å². The van der Waals surface area contributed by atoms with E-state index >= 15 is 0 Å². The van der Waals surface area contributed by atoms with Gasteiger partial charge in [0, 0.05) is 10.7 Å². The Bertz CT molecular complexity index is 1490. The number of carbonyl (C=O) groups excluding carboxylic acids is 2. The number of hydrogen-bond donors (Lipinski definition) is 4. The Morgan fingerprint density at radius 1 is 1.09 bits per heavy atom. The molecule has 3 aromatic carbocycles. The Morgan fingerprint density at radius 2 is 1.88 bits per heavy atom. The van der Waals surface area contributed by atoms with Gasteiger partial charge in [0.1, 0.15) is 19.0 Å². The fourth-order valence-corrected chi connectivity index (χ4v) is 4.38. The zero-order valence-electron chi connectivity index (χ0n) is 23.9. The van der Waals surface area contributed by atoms with Crippen LogP contribution in [0.4, 0.5) is 4.79 Å². The van der Waals surface area contributed by atoms with Gasteiger partial charge in [0.2, 0.25) is 0 Å². The lowest BCUT2D eigenvalue weighted by Crippen LogP contribution is -2.45. The number of urea groups is 1. The van der Waals surface area contributed by atoms with Crippen molar-refractivity contribution in [3.8, 4) is 17.2 Å². The number of benzene rings is 3. The quantitative estimate of drug-likeness (QED) is 0.0967. The third-order valence-electron chi connectivity index (χ3n) is 6.29. The molecule has 2 atom stereocenters. The van der Waals surface area contributed by atoms with Crippen LogP contribution in [0.3, 0.4) is 0 Å². The number of halogens is 1. The van der Waals surface area contributed by atoms with Crippen molar-refractivity contribution in [3.05, 3.63) is 99.7 Å². The van der Waals surface area contributed by atoms with Crippen LogP contribution in [0.15, 0.2) is 83.1 Å². The molecule has 4 rings (SSSR count). The van der Waals surface area contributed by atoms with E-state index in [1.54, 1.807) is 31.3 Å². The maximum atomic E-state index is 12.4. The molecule has 1 heterocycles. The van der Waals surface area contributed by atoms with Crippen molar-refractivity contribution in [2.45, 2.75) is 32.7 Å². The Labute approximate surface area is 254 Å². The van der Waals surface area contributed by atoms with Gasteiger partial charge in [-0.15, -0.1) is 0 Å². The molecule has 11 nitrogen and oxygen atoms in total. The predicted octanol–water partition coefficient (Wildman–Crippen LogP) is 4.44. The monoisotopic (exact) mass is 608 g/mol. The van der Waals surface area contributed by atoms with Crippen molar-refractivity contribution in [1.82, 2.24) is 16.1 Å². The summed E-state index contributed by atoms with van der Waals surface area (Å²) in [6.45, 7) is 4.03. The van der Waals surface area contributed by atoms with E-state index in [9.17, 15) is 14.7 Å². The van der Waals surface area contributed by atoms with Gasteiger partial charge in [0.15, 0.2) is 17.7 Å². The molecule has 0 aromatic heterocycles. The second kappa shape index (κ2) is 14.9. The molecule has 0 aliphatic carbocycles. The highest BCUT2D eigenvalue weighted by atomic mass is 35.5. The first-order valence-electron chi connectivity index (χ1n) is 13.5. The first-order chi connectivity index (χ1) is 20.8. The van der Waals surface area contributed by atoms with Crippen LogP contribution in [0, 0.1) is 0 Å². The highest BCUT2D eigenvalue weighted by Gasteiger charge is 2.32. The lowest BCUT2D eigenvalue weighted by molar-refractivity contribution is -0.136. The van der Waals surface area contributed by atoms with Crippen LogP contribution in [-0.2, 0) is 16.1 Å². The number of methoxy groups -OCH3 is 1. The second-order valence-corrected chi connectivity index (χ2v) is 9.84. The highest BCUT2D eigenvalue weighted by molar-refractivity contribution is 6.30. The second-order valence-electron chi connectivity index (χ2n) is 9.40. The molecule has 0 radical (unpaired) electrons. The Kier molecular flexibility index (Phi) is 10.8. The zero-order chi connectivity index (χ0) is 30.8. The normalized spacial score (nSPS) is 15.4. The summed E-state index contributed by atoms with van der Waals surface area (Å²) in [5, 5.41) is 20.5. The van der Waals surface area contributed by atoms with Gasteiger partial charge in [-0.1, -0.05) is 41.9 Å². The molecule has 1 aliphatic rings. The fraction of sp³-hybridized carbons (Fsp3) is 0.258. The van der Waals surface area contributed by atoms with Gasteiger partial charge >= 0.3 is 12.0 Å². The number of rotatable bonds is 13. The van der Waals surface area contributed by atoms with E-state index in [4.69, 9.17) is 30.5 Å². The third-order valence-corrected chi connectivity index (χ3v) is 6.54. The van der Waals surface area contributed by atoms with Crippen molar-refractivity contribution in [2.75, 3.05) is 20.3 Å². The molecular formula is C31H33ClN4O7. The maximum Gasteiger partial charge on any atom is 0.337 e. The molecule has 2 amide bonds. The summed E-state index contributed by atoms with van der Waals surface area (Å²) >= 11 is 5.93. The molecule has 226 valence electrons. The Balaban J connectivity index is 1.35. The molecule has 0 unspecified atom stereocenters. The van der Waals surface area contributed by atoms with E-state index < -0.39 is 24.3 Å². The number of aliphatic hydroxyl groups is 1. The Morgan fingerprint density at radius 3 is 2.63 bits per heavy atom. The van der Waals surface area contributed by atoms with Gasteiger partial charge in [-0.2, -0.15) is 5.10 Å². The average Bonchev–Trinajstić information content (AvgIpc) is 3.00. The lowest BCUT2D eigenvalue weighted by Gasteiger charge is -2.28. The summed E-state index contributed by atoms with van der Waals surface area (Å²) in [6, 6.07) is 18.6. The molecule has 0 bridgehead atoms. The number of esters is 1. The standard InChI is InChI=1S/C31H33ClN4O7/c1-4-41-26-15-22(29-28(30(38)40-3)19(2)34-31(39)35-29)10-13-25(26)43-18-27(37)36-33-16-21-6-5-7-24(14-21)42-17-20-8-11-23(32)12-9-20/h5-16,27,29,36-37H,4,17-18H2,1-3H3,(H2,34,35,39)/b33-16+/t27-,29+/m1/s1. The minimum Gasteiger partial charge on any atom is -0.490 e. The van der Waals surface area contributed by atoms with Gasteiger partial charge in [0.25, 0.3) is 0 Å².